The van der Waals surface area contributed by atoms with Crippen molar-refractivity contribution in [2.24, 2.45) is 0 Å². The summed E-state index contributed by atoms with van der Waals surface area (Å²) < 4.78 is 10.3. The van der Waals surface area contributed by atoms with Crippen molar-refractivity contribution >= 4 is 28.7 Å². The fourth-order valence-corrected chi connectivity index (χ4v) is 2.31. The fourth-order valence-electron chi connectivity index (χ4n) is 2.31. The molecule has 0 saturated carbocycles. The largest absolute Gasteiger partial charge is 0.519 e. The maximum atomic E-state index is 12.2. The van der Waals surface area contributed by atoms with Crippen LogP contribution in [0.2, 0.25) is 0 Å². The van der Waals surface area contributed by atoms with Gasteiger partial charge in [-0.1, -0.05) is 13.2 Å². The van der Waals surface area contributed by atoms with Gasteiger partial charge in [0.15, 0.2) is 0 Å². The molecule has 0 aliphatic rings. The number of non-ortho nitro benzene ring substituents is 2. The second-order valence-corrected chi connectivity index (χ2v) is 5.89. The van der Waals surface area contributed by atoms with Crippen molar-refractivity contribution in [1.82, 2.24) is 0 Å². The van der Waals surface area contributed by atoms with E-state index in [0.717, 1.165) is 0 Å². The zero-order chi connectivity index (χ0) is 21.0. The third kappa shape index (κ3) is 4.58. The Morgan fingerprint density at radius 1 is 0.821 bits per heavy atom. The van der Waals surface area contributed by atoms with Gasteiger partial charge in [0.25, 0.3) is 11.4 Å². The first-order chi connectivity index (χ1) is 13.1. The number of nitrogens with zero attached hydrogens (tertiary/aromatic N) is 2. The molecule has 0 unspecified atom stereocenters. The highest BCUT2D eigenvalue weighted by Gasteiger charge is 2.19. The molecule has 0 spiro atoms. The molecule has 0 bridgehead atoms. The summed E-state index contributed by atoms with van der Waals surface area (Å²) in [5.41, 5.74) is 1.08. The third-order valence-electron chi connectivity index (χ3n) is 3.65. The van der Waals surface area contributed by atoms with E-state index in [0.29, 0.717) is 11.1 Å². The first-order valence-electron chi connectivity index (χ1n) is 7.88. The topological polar surface area (TPSA) is 122 Å². The van der Waals surface area contributed by atoms with E-state index < -0.39 is 16.0 Å². The van der Waals surface area contributed by atoms with Gasteiger partial charge in [0.1, 0.15) is 11.5 Å². The maximum Gasteiger partial charge on any atom is 0.519 e. The number of nitro groups is 2. The molecule has 0 aliphatic carbocycles. The Labute approximate surface area is 159 Å². The van der Waals surface area contributed by atoms with Crippen LogP contribution in [0.25, 0.3) is 11.1 Å². The van der Waals surface area contributed by atoms with E-state index in [-0.39, 0.29) is 34.0 Å². The molecule has 0 atom stereocenters. The Hall–Kier alpha value is -4.01. The number of hydrogen-bond donors (Lipinski definition) is 0. The summed E-state index contributed by atoms with van der Waals surface area (Å²) in [6, 6.07) is 7.35. The molecule has 9 heteroatoms. The van der Waals surface area contributed by atoms with Crippen LogP contribution in [-0.2, 0) is 0 Å². The number of nitro benzene ring substituents is 2. The molecule has 0 aromatic heterocycles. The molecule has 0 amide bonds. The van der Waals surface area contributed by atoms with Crippen LogP contribution in [0.4, 0.5) is 16.2 Å². The SMILES string of the molecule is C=C(C)c1cc([N+](=O)[O-])ccc1OC(=O)Oc1ccc([N+](=O)[O-])cc1C(=C)C. The number of allylic oxidation sites excluding steroid dienone is 2. The third-order valence-corrected chi connectivity index (χ3v) is 3.65. The van der Waals surface area contributed by atoms with Crippen molar-refractivity contribution < 1.29 is 24.1 Å². The average Bonchev–Trinajstić information content (AvgIpc) is 2.61. The van der Waals surface area contributed by atoms with E-state index in [1.807, 2.05) is 0 Å². The number of carbonyl (C=O) groups excluding carboxylic acids is 1. The second kappa shape index (κ2) is 8.12. The lowest BCUT2D eigenvalue weighted by Crippen LogP contribution is -2.15. The van der Waals surface area contributed by atoms with Crippen LogP contribution in [0.5, 0.6) is 11.5 Å². The molecule has 28 heavy (non-hydrogen) atoms. The zero-order valence-corrected chi connectivity index (χ0v) is 15.1. The molecule has 9 nitrogen and oxygen atoms in total. The van der Waals surface area contributed by atoms with Crippen LogP contribution in [0.1, 0.15) is 25.0 Å². The number of rotatable bonds is 6. The molecule has 2 aromatic carbocycles. The first-order valence-corrected chi connectivity index (χ1v) is 7.88. The minimum absolute atomic E-state index is 0.0295. The van der Waals surface area contributed by atoms with Gasteiger partial charge < -0.3 is 9.47 Å². The van der Waals surface area contributed by atoms with Gasteiger partial charge in [-0.3, -0.25) is 20.2 Å². The van der Waals surface area contributed by atoms with Gasteiger partial charge in [-0.25, -0.2) is 4.79 Å². The van der Waals surface area contributed by atoms with Crippen molar-refractivity contribution in [3.63, 3.8) is 0 Å². The molecule has 144 valence electrons. The number of hydrogen-bond acceptors (Lipinski definition) is 7. The van der Waals surface area contributed by atoms with Crippen molar-refractivity contribution in [1.29, 1.82) is 0 Å². The zero-order valence-electron chi connectivity index (χ0n) is 15.1. The summed E-state index contributed by atoms with van der Waals surface area (Å²) in [4.78, 5) is 32.9. The van der Waals surface area contributed by atoms with Gasteiger partial charge in [0.2, 0.25) is 0 Å². The summed E-state index contributed by atoms with van der Waals surface area (Å²) in [6.45, 7) is 10.6. The van der Waals surface area contributed by atoms with E-state index in [9.17, 15) is 25.0 Å². The Bertz CT molecular complexity index is 932. The van der Waals surface area contributed by atoms with Crippen molar-refractivity contribution in [3.05, 3.63) is 80.9 Å². The summed E-state index contributed by atoms with van der Waals surface area (Å²) in [7, 11) is 0. The van der Waals surface area contributed by atoms with E-state index in [4.69, 9.17) is 9.47 Å². The van der Waals surface area contributed by atoms with E-state index in [1.54, 1.807) is 13.8 Å². The molecule has 2 rings (SSSR count). The van der Waals surface area contributed by atoms with Gasteiger partial charge in [-0.2, -0.15) is 0 Å². The van der Waals surface area contributed by atoms with Gasteiger partial charge in [-0.15, -0.1) is 0 Å². The lowest BCUT2D eigenvalue weighted by atomic mass is 10.1. The minimum Gasteiger partial charge on any atom is -0.394 e. The minimum atomic E-state index is -1.12. The molecule has 0 saturated heterocycles. The maximum absolute atomic E-state index is 12.2. The predicted octanol–water partition coefficient (Wildman–Crippen LogP) is 5.15. The van der Waals surface area contributed by atoms with Crippen molar-refractivity contribution in [2.75, 3.05) is 0 Å². The lowest BCUT2D eigenvalue weighted by molar-refractivity contribution is -0.385. The highest BCUT2D eigenvalue weighted by atomic mass is 16.7. The average molecular weight is 384 g/mol. The molecule has 0 aliphatic heterocycles. The standard InChI is InChI=1S/C19H16N2O7/c1-11(2)15-9-13(20(23)24)5-7-17(15)27-19(22)28-18-8-6-14(21(25)26)10-16(18)12(3)4/h5-10H,1,3H2,2,4H3. The molecule has 0 fully saturated rings. The molecular formula is C19H16N2O7. The monoisotopic (exact) mass is 384 g/mol. The Morgan fingerprint density at radius 2 is 1.18 bits per heavy atom. The molecule has 2 aromatic rings. The first kappa shape index (κ1) is 20.3. The number of carbonyl (C=O) groups is 1. The molecular weight excluding hydrogens is 368 g/mol. The van der Waals surface area contributed by atoms with Crippen LogP contribution >= 0.6 is 0 Å². The van der Waals surface area contributed by atoms with E-state index in [1.165, 1.54) is 36.4 Å². The fraction of sp³-hybridized carbons (Fsp3) is 0.105. The highest BCUT2D eigenvalue weighted by molar-refractivity contribution is 5.77. The van der Waals surface area contributed by atoms with Gasteiger partial charge in [0.05, 0.1) is 9.85 Å². The quantitative estimate of drug-likeness (QED) is 0.292. The summed E-state index contributed by atoms with van der Waals surface area (Å²) >= 11 is 0. The van der Waals surface area contributed by atoms with Crippen molar-refractivity contribution in [3.8, 4) is 11.5 Å². The predicted molar refractivity (Wildman–Crippen MR) is 102 cm³/mol. The Kier molecular flexibility index (Phi) is 5.89. The number of ether oxygens (including phenoxy) is 2. The Morgan fingerprint density at radius 3 is 1.46 bits per heavy atom. The second-order valence-electron chi connectivity index (χ2n) is 5.89. The van der Waals surface area contributed by atoms with E-state index >= 15 is 0 Å². The van der Waals surface area contributed by atoms with Crippen LogP contribution in [-0.4, -0.2) is 16.0 Å². The van der Waals surface area contributed by atoms with Crippen LogP contribution in [0, 0.1) is 20.2 Å². The highest BCUT2D eigenvalue weighted by Crippen LogP contribution is 2.32. The Balaban J connectivity index is 2.30. The molecule has 0 radical (unpaired) electrons. The summed E-state index contributed by atoms with van der Waals surface area (Å²) in [5.74, 6) is 0.0590. The molecule has 0 N–H and O–H groups in total. The normalized spacial score (nSPS) is 10.1. The summed E-state index contributed by atoms with van der Waals surface area (Å²) in [6.07, 6.45) is -1.12. The summed E-state index contributed by atoms with van der Waals surface area (Å²) in [5, 5.41) is 21.8. The lowest BCUT2D eigenvalue weighted by Gasteiger charge is -2.12. The van der Waals surface area contributed by atoms with Crippen LogP contribution < -0.4 is 9.47 Å². The van der Waals surface area contributed by atoms with E-state index in [2.05, 4.69) is 13.2 Å². The smallest absolute Gasteiger partial charge is 0.394 e. The van der Waals surface area contributed by atoms with Crippen LogP contribution in [0.3, 0.4) is 0 Å². The van der Waals surface area contributed by atoms with Gasteiger partial charge in [0, 0.05) is 35.4 Å². The van der Waals surface area contributed by atoms with Gasteiger partial charge >= 0.3 is 6.16 Å². The number of benzene rings is 2. The molecule has 0 heterocycles. The van der Waals surface area contributed by atoms with Crippen LogP contribution in [0.15, 0.2) is 49.6 Å². The van der Waals surface area contributed by atoms with Gasteiger partial charge in [-0.05, 0) is 37.1 Å². The van der Waals surface area contributed by atoms with Crippen molar-refractivity contribution in [2.45, 2.75) is 13.8 Å².